The first-order chi connectivity index (χ1) is 14.3. The van der Waals surface area contributed by atoms with E-state index in [1.54, 1.807) is 18.2 Å². The number of rotatable bonds is 9. The highest BCUT2D eigenvalue weighted by Crippen LogP contribution is 2.22. The highest BCUT2D eigenvalue weighted by atomic mass is 32.2. The van der Waals surface area contributed by atoms with Crippen molar-refractivity contribution in [3.63, 3.8) is 0 Å². The maximum absolute atomic E-state index is 13.6. The molecule has 0 aromatic heterocycles. The normalized spacial score (nSPS) is 15.8. The summed E-state index contributed by atoms with van der Waals surface area (Å²) in [4.78, 5) is 0.211. The summed E-state index contributed by atoms with van der Waals surface area (Å²) in [6.45, 7) is 1.13. The summed E-state index contributed by atoms with van der Waals surface area (Å²) in [5.74, 6) is -0.595. The predicted molar refractivity (Wildman–Crippen MR) is 112 cm³/mol. The third kappa shape index (κ3) is 6.00. The van der Waals surface area contributed by atoms with Crippen LogP contribution in [0.4, 0.5) is 4.39 Å². The fraction of sp³-hybridized carbons (Fsp3) is 0.400. The van der Waals surface area contributed by atoms with Crippen molar-refractivity contribution in [2.45, 2.75) is 29.9 Å². The van der Waals surface area contributed by atoms with E-state index in [1.165, 1.54) is 34.6 Å². The maximum atomic E-state index is 13.6. The molecule has 30 heavy (non-hydrogen) atoms. The second-order valence-electron chi connectivity index (χ2n) is 7.03. The molecule has 1 heterocycles. The van der Waals surface area contributed by atoms with Gasteiger partial charge < -0.3 is 4.74 Å². The predicted octanol–water partition coefficient (Wildman–Crippen LogP) is 2.50. The Kier molecular flexibility index (Phi) is 7.45. The van der Waals surface area contributed by atoms with Gasteiger partial charge in [0.2, 0.25) is 20.0 Å². The number of hydrogen-bond acceptors (Lipinski definition) is 5. The van der Waals surface area contributed by atoms with Crippen LogP contribution in [0, 0.1) is 5.82 Å². The molecule has 0 radical (unpaired) electrons. The minimum atomic E-state index is -3.70. The molecule has 10 heteroatoms. The van der Waals surface area contributed by atoms with Crippen LogP contribution < -0.4 is 9.46 Å². The van der Waals surface area contributed by atoms with Crippen molar-refractivity contribution >= 4 is 20.0 Å². The SMILES string of the molecule is O=S(=O)(Cc1ccccc1F)NCCOc1ccc(S(=O)(=O)N2CCCCC2)cc1. The molecule has 0 amide bonds. The molecule has 2 aromatic carbocycles. The van der Waals surface area contributed by atoms with E-state index < -0.39 is 31.6 Å². The van der Waals surface area contributed by atoms with Crippen molar-refractivity contribution in [2.75, 3.05) is 26.2 Å². The minimum Gasteiger partial charge on any atom is -0.492 e. The standard InChI is InChI=1S/C20H25FN2O5S2/c21-20-7-3-2-6-17(20)16-29(24,25)22-12-15-28-18-8-10-19(11-9-18)30(26,27)23-13-4-1-5-14-23/h2-3,6-11,22H,1,4-5,12-16H2. The molecule has 0 aliphatic carbocycles. The van der Waals surface area contributed by atoms with Gasteiger partial charge in [-0.1, -0.05) is 24.6 Å². The molecule has 1 aliphatic rings. The molecular formula is C20H25FN2O5S2. The van der Waals surface area contributed by atoms with Gasteiger partial charge in [0, 0.05) is 25.2 Å². The van der Waals surface area contributed by atoms with Gasteiger partial charge in [0.05, 0.1) is 10.6 Å². The molecular weight excluding hydrogens is 431 g/mol. The second-order valence-corrected chi connectivity index (χ2v) is 10.8. The van der Waals surface area contributed by atoms with E-state index in [4.69, 9.17) is 4.74 Å². The van der Waals surface area contributed by atoms with Crippen LogP contribution in [-0.4, -0.2) is 47.4 Å². The number of ether oxygens (including phenoxy) is 1. The third-order valence-electron chi connectivity index (χ3n) is 4.77. The van der Waals surface area contributed by atoms with E-state index >= 15 is 0 Å². The first-order valence-corrected chi connectivity index (χ1v) is 12.8. The van der Waals surface area contributed by atoms with Crippen LogP contribution in [0.1, 0.15) is 24.8 Å². The largest absolute Gasteiger partial charge is 0.492 e. The summed E-state index contributed by atoms with van der Waals surface area (Å²) in [7, 11) is -7.21. The maximum Gasteiger partial charge on any atom is 0.243 e. The van der Waals surface area contributed by atoms with E-state index in [2.05, 4.69) is 4.72 Å². The molecule has 0 unspecified atom stereocenters. The van der Waals surface area contributed by atoms with Crippen molar-refractivity contribution in [2.24, 2.45) is 0 Å². The molecule has 3 rings (SSSR count). The summed E-state index contributed by atoms with van der Waals surface area (Å²) in [5, 5.41) is 0. The van der Waals surface area contributed by atoms with Gasteiger partial charge in [-0.05, 0) is 43.2 Å². The summed E-state index contributed by atoms with van der Waals surface area (Å²) in [5.41, 5.74) is 0.0939. The Morgan fingerprint density at radius 2 is 1.60 bits per heavy atom. The summed E-state index contributed by atoms with van der Waals surface area (Å²) in [6, 6.07) is 11.8. The highest BCUT2D eigenvalue weighted by Gasteiger charge is 2.25. The second kappa shape index (κ2) is 9.86. The van der Waals surface area contributed by atoms with Crippen molar-refractivity contribution in [1.29, 1.82) is 0 Å². The fourth-order valence-corrected chi connectivity index (χ4v) is 5.86. The van der Waals surface area contributed by atoms with Gasteiger partial charge in [0.15, 0.2) is 0 Å². The zero-order chi connectivity index (χ0) is 21.6. The smallest absolute Gasteiger partial charge is 0.243 e. The molecule has 0 bridgehead atoms. The number of sulfonamides is 2. The van der Waals surface area contributed by atoms with E-state index in [0.29, 0.717) is 18.8 Å². The molecule has 1 saturated heterocycles. The lowest BCUT2D eigenvalue weighted by atomic mass is 10.2. The molecule has 0 spiro atoms. The van der Waals surface area contributed by atoms with E-state index in [0.717, 1.165) is 19.3 Å². The Balaban J connectivity index is 1.49. The van der Waals surface area contributed by atoms with E-state index in [-0.39, 0.29) is 23.6 Å². The van der Waals surface area contributed by atoms with Gasteiger partial charge in [-0.15, -0.1) is 0 Å². The van der Waals surface area contributed by atoms with Crippen LogP contribution in [0.25, 0.3) is 0 Å². The van der Waals surface area contributed by atoms with Gasteiger partial charge in [0.25, 0.3) is 0 Å². The molecule has 2 aromatic rings. The number of nitrogens with zero attached hydrogens (tertiary/aromatic N) is 1. The number of benzene rings is 2. The molecule has 1 aliphatic heterocycles. The van der Waals surface area contributed by atoms with Crippen LogP contribution in [0.5, 0.6) is 5.75 Å². The van der Waals surface area contributed by atoms with Crippen LogP contribution >= 0.6 is 0 Å². The Morgan fingerprint density at radius 3 is 2.27 bits per heavy atom. The summed E-state index contributed by atoms with van der Waals surface area (Å²) < 4.78 is 72.3. The first kappa shape index (κ1) is 22.7. The Hall–Kier alpha value is -2.01. The van der Waals surface area contributed by atoms with Crippen molar-refractivity contribution < 1.29 is 26.0 Å². The zero-order valence-electron chi connectivity index (χ0n) is 16.5. The molecule has 1 fully saturated rings. The Bertz CT molecular complexity index is 1050. The first-order valence-electron chi connectivity index (χ1n) is 9.72. The van der Waals surface area contributed by atoms with Crippen molar-refractivity contribution in [1.82, 2.24) is 9.03 Å². The fourth-order valence-electron chi connectivity index (χ4n) is 3.20. The number of halogens is 1. The molecule has 1 N–H and O–H groups in total. The van der Waals surface area contributed by atoms with Gasteiger partial charge in [-0.3, -0.25) is 0 Å². The average molecular weight is 457 g/mol. The average Bonchev–Trinajstić information content (AvgIpc) is 2.74. The van der Waals surface area contributed by atoms with Crippen molar-refractivity contribution in [3.8, 4) is 5.75 Å². The van der Waals surface area contributed by atoms with Crippen LogP contribution in [0.15, 0.2) is 53.4 Å². The molecule has 164 valence electrons. The van der Waals surface area contributed by atoms with Crippen molar-refractivity contribution in [3.05, 3.63) is 59.9 Å². The Labute approximate surface area is 177 Å². The van der Waals surface area contributed by atoms with Gasteiger partial charge in [-0.25, -0.2) is 25.9 Å². The van der Waals surface area contributed by atoms with Crippen LogP contribution in [0.2, 0.25) is 0 Å². The number of nitrogens with one attached hydrogen (secondary N) is 1. The number of piperidine rings is 1. The summed E-state index contributed by atoms with van der Waals surface area (Å²) >= 11 is 0. The molecule has 0 atom stereocenters. The quantitative estimate of drug-likeness (QED) is 0.586. The topological polar surface area (TPSA) is 92.8 Å². The third-order valence-corrected chi connectivity index (χ3v) is 8.02. The van der Waals surface area contributed by atoms with E-state index in [9.17, 15) is 21.2 Å². The minimum absolute atomic E-state index is 0.00458. The van der Waals surface area contributed by atoms with Gasteiger partial charge in [0.1, 0.15) is 18.2 Å². The lowest BCUT2D eigenvalue weighted by molar-refractivity contribution is 0.322. The van der Waals surface area contributed by atoms with Crippen LogP contribution in [0.3, 0.4) is 0 Å². The monoisotopic (exact) mass is 456 g/mol. The Morgan fingerprint density at radius 1 is 0.933 bits per heavy atom. The molecule has 0 saturated carbocycles. The highest BCUT2D eigenvalue weighted by molar-refractivity contribution is 7.89. The molecule has 7 nitrogen and oxygen atoms in total. The zero-order valence-corrected chi connectivity index (χ0v) is 18.1. The lowest BCUT2D eigenvalue weighted by Gasteiger charge is -2.25. The van der Waals surface area contributed by atoms with Gasteiger partial charge >= 0.3 is 0 Å². The van der Waals surface area contributed by atoms with Gasteiger partial charge in [-0.2, -0.15) is 4.31 Å². The lowest BCUT2D eigenvalue weighted by Crippen LogP contribution is -2.35. The number of hydrogen-bond donors (Lipinski definition) is 1. The van der Waals surface area contributed by atoms with E-state index in [1.807, 2.05) is 0 Å². The van der Waals surface area contributed by atoms with Crippen LogP contribution in [-0.2, 0) is 25.8 Å². The summed E-state index contributed by atoms with van der Waals surface area (Å²) in [6.07, 6.45) is 2.78.